The van der Waals surface area contributed by atoms with E-state index in [1.807, 2.05) is 18.2 Å². The highest BCUT2D eigenvalue weighted by Gasteiger charge is 2.26. The third-order valence-corrected chi connectivity index (χ3v) is 6.16. The zero-order valence-corrected chi connectivity index (χ0v) is 16.8. The van der Waals surface area contributed by atoms with Crippen molar-refractivity contribution in [1.29, 1.82) is 0 Å². The average molecular weight is 395 g/mol. The molecule has 1 aliphatic carbocycles. The van der Waals surface area contributed by atoms with Crippen molar-refractivity contribution in [2.24, 2.45) is 5.92 Å². The van der Waals surface area contributed by atoms with Gasteiger partial charge in [0.1, 0.15) is 0 Å². The van der Waals surface area contributed by atoms with Crippen LogP contribution in [0.1, 0.15) is 50.5 Å². The van der Waals surface area contributed by atoms with E-state index in [4.69, 9.17) is 23.2 Å². The molecule has 1 aliphatic heterocycles. The molecule has 1 aromatic carbocycles. The largest absolute Gasteiger partial charge is 0.356 e. The monoisotopic (exact) mass is 394 g/mol. The lowest BCUT2D eigenvalue weighted by Crippen LogP contribution is -2.43. The molecule has 1 fully saturated rings. The van der Waals surface area contributed by atoms with Crippen LogP contribution in [0.5, 0.6) is 0 Å². The van der Waals surface area contributed by atoms with Crippen LogP contribution in [-0.4, -0.2) is 30.4 Å². The van der Waals surface area contributed by atoms with Crippen molar-refractivity contribution in [3.63, 3.8) is 0 Å². The number of benzene rings is 1. The highest BCUT2D eigenvalue weighted by atomic mass is 35.5. The van der Waals surface area contributed by atoms with E-state index in [0.717, 1.165) is 44.5 Å². The number of carbonyl (C=O) groups is 1. The van der Waals surface area contributed by atoms with Gasteiger partial charge in [-0.2, -0.15) is 0 Å². The predicted octanol–water partition coefficient (Wildman–Crippen LogP) is 5.21. The van der Waals surface area contributed by atoms with Crippen LogP contribution < -0.4 is 5.32 Å². The quantitative estimate of drug-likeness (QED) is 0.671. The molecule has 3 nitrogen and oxygen atoms in total. The van der Waals surface area contributed by atoms with Crippen molar-refractivity contribution < 1.29 is 4.79 Å². The summed E-state index contributed by atoms with van der Waals surface area (Å²) in [5.74, 6) is 0.252. The van der Waals surface area contributed by atoms with Crippen LogP contribution in [0, 0.1) is 5.92 Å². The van der Waals surface area contributed by atoms with E-state index in [0.29, 0.717) is 16.6 Å². The summed E-state index contributed by atoms with van der Waals surface area (Å²) in [4.78, 5) is 14.9. The first-order chi connectivity index (χ1) is 12.6. The molecule has 1 atom stereocenters. The summed E-state index contributed by atoms with van der Waals surface area (Å²) in [5.41, 5.74) is 2.47. The van der Waals surface area contributed by atoms with Gasteiger partial charge in [0.15, 0.2) is 0 Å². The number of allylic oxidation sites excluding steroid dienone is 1. The summed E-state index contributed by atoms with van der Waals surface area (Å²) in [6.45, 7) is 3.22. The normalized spacial score (nSPS) is 21.3. The highest BCUT2D eigenvalue weighted by Crippen LogP contribution is 2.28. The third-order valence-electron chi connectivity index (χ3n) is 5.45. The van der Waals surface area contributed by atoms with Crippen molar-refractivity contribution >= 4 is 29.1 Å². The van der Waals surface area contributed by atoms with Crippen LogP contribution in [-0.2, 0) is 11.3 Å². The number of rotatable bonds is 6. The Hall–Kier alpha value is -1.03. The molecule has 142 valence electrons. The third kappa shape index (κ3) is 5.48. The molecule has 0 bridgehead atoms. The molecule has 1 saturated heterocycles. The molecule has 26 heavy (non-hydrogen) atoms. The molecular weight excluding hydrogens is 367 g/mol. The van der Waals surface area contributed by atoms with Crippen molar-refractivity contribution in [3.8, 4) is 0 Å². The van der Waals surface area contributed by atoms with E-state index >= 15 is 0 Å². The number of carbonyl (C=O) groups excluding carboxylic acids is 1. The minimum atomic E-state index is 0.0605. The number of nitrogens with zero attached hydrogens (tertiary/aromatic N) is 1. The first-order valence-electron chi connectivity index (χ1n) is 9.74. The Morgan fingerprint density at radius 2 is 2.00 bits per heavy atom. The van der Waals surface area contributed by atoms with E-state index in [9.17, 15) is 4.79 Å². The number of amides is 1. The summed E-state index contributed by atoms with van der Waals surface area (Å²) in [6, 6.07) is 5.61. The second-order valence-corrected chi connectivity index (χ2v) is 8.24. The van der Waals surface area contributed by atoms with E-state index < -0.39 is 0 Å². The van der Waals surface area contributed by atoms with Gasteiger partial charge in [-0.05, 0) is 63.6 Å². The lowest BCUT2D eigenvalue weighted by atomic mass is 9.95. The Kier molecular flexibility index (Phi) is 7.42. The summed E-state index contributed by atoms with van der Waals surface area (Å²) >= 11 is 12.6. The van der Waals surface area contributed by atoms with Crippen LogP contribution in [0.2, 0.25) is 10.0 Å². The molecule has 1 N–H and O–H groups in total. The van der Waals surface area contributed by atoms with Crippen molar-refractivity contribution in [3.05, 3.63) is 45.5 Å². The van der Waals surface area contributed by atoms with E-state index in [1.54, 1.807) is 0 Å². The predicted molar refractivity (Wildman–Crippen MR) is 109 cm³/mol. The van der Waals surface area contributed by atoms with Gasteiger partial charge in [-0.15, -0.1) is 0 Å². The Bertz CT molecular complexity index is 639. The number of nitrogens with one attached hydrogen (secondary N) is 1. The van der Waals surface area contributed by atoms with E-state index in [-0.39, 0.29) is 11.8 Å². The maximum atomic E-state index is 12.6. The fourth-order valence-corrected chi connectivity index (χ4v) is 4.46. The van der Waals surface area contributed by atoms with Crippen LogP contribution in [0.4, 0.5) is 0 Å². The molecule has 0 saturated carbocycles. The smallest absolute Gasteiger partial charge is 0.224 e. The zero-order valence-electron chi connectivity index (χ0n) is 15.3. The summed E-state index contributed by atoms with van der Waals surface area (Å²) < 4.78 is 0. The van der Waals surface area contributed by atoms with Gasteiger partial charge >= 0.3 is 0 Å². The van der Waals surface area contributed by atoms with Gasteiger partial charge in [0.05, 0.1) is 5.92 Å². The molecule has 2 aliphatic rings. The Morgan fingerprint density at radius 3 is 2.73 bits per heavy atom. The lowest BCUT2D eigenvalue weighted by molar-refractivity contribution is -0.126. The van der Waals surface area contributed by atoms with Gasteiger partial charge < -0.3 is 5.32 Å². The van der Waals surface area contributed by atoms with Gasteiger partial charge in [0.2, 0.25) is 5.91 Å². The molecule has 5 heteroatoms. The summed E-state index contributed by atoms with van der Waals surface area (Å²) in [5, 5.41) is 4.55. The fraction of sp³-hybridized carbons (Fsp3) is 0.571. The molecule has 3 rings (SSSR count). The summed E-state index contributed by atoms with van der Waals surface area (Å²) in [7, 11) is 0. The van der Waals surface area contributed by atoms with Gasteiger partial charge in [0, 0.05) is 35.2 Å². The van der Waals surface area contributed by atoms with Crippen molar-refractivity contribution in [1.82, 2.24) is 10.2 Å². The van der Waals surface area contributed by atoms with E-state index in [1.165, 1.54) is 31.3 Å². The van der Waals surface area contributed by atoms with Crippen LogP contribution >= 0.6 is 23.2 Å². The standard InChI is InChI=1S/C21H28Cl2N2O/c22-19-9-4-10-20(23)18(19)15-25-13-5-8-17(14-25)21(26)24-12-11-16-6-2-1-3-7-16/h4,6,9-10,17H,1-3,5,7-8,11-15H2,(H,24,26). The second-order valence-electron chi connectivity index (χ2n) is 7.42. The first-order valence-corrected chi connectivity index (χ1v) is 10.5. The van der Waals surface area contributed by atoms with Crippen LogP contribution in [0.25, 0.3) is 0 Å². The second kappa shape index (κ2) is 9.77. The van der Waals surface area contributed by atoms with Crippen molar-refractivity contribution in [2.45, 2.75) is 51.5 Å². The number of hydrogen-bond donors (Lipinski definition) is 1. The zero-order chi connectivity index (χ0) is 18.4. The number of piperidine rings is 1. The molecule has 1 unspecified atom stereocenters. The van der Waals surface area contributed by atoms with E-state index in [2.05, 4.69) is 16.3 Å². The number of likely N-dealkylation sites (tertiary alicyclic amines) is 1. The van der Waals surface area contributed by atoms with Crippen molar-refractivity contribution in [2.75, 3.05) is 19.6 Å². The molecule has 0 spiro atoms. The Morgan fingerprint density at radius 1 is 1.19 bits per heavy atom. The molecule has 1 aromatic rings. The van der Waals surface area contributed by atoms with Gasteiger partial charge in [-0.3, -0.25) is 9.69 Å². The Labute approximate surface area is 166 Å². The summed E-state index contributed by atoms with van der Waals surface area (Å²) in [6.07, 6.45) is 10.3. The van der Waals surface area contributed by atoms with Crippen LogP contribution in [0.15, 0.2) is 29.8 Å². The molecule has 1 amide bonds. The molecule has 1 heterocycles. The van der Waals surface area contributed by atoms with Crippen LogP contribution in [0.3, 0.4) is 0 Å². The maximum Gasteiger partial charge on any atom is 0.224 e. The SMILES string of the molecule is O=C(NCCC1=CCCCC1)C1CCCN(Cc2c(Cl)cccc2Cl)C1. The Balaban J connectivity index is 1.48. The fourth-order valence-electron chi connectivity index (χ4n) is 3.94. The highest BCUT2D eigenvalue weighted by molar-refractivity contribution is 6.35. The minimum absolute atomic E-state index is 0.0605. The van der Waals surface area contributed by atoms with Gasteiger partial charge in [-0.1, -0.05) is 40.9 Å². The lowest BCUT2D eigenvalue weighted by Gasteiger charge is -2.32. The molecular formula is C21H28Cl2N2O. The number of halogens is 2. The van der Waals surface area contributed by atoms with Gasteiger partial charge in [-0.25, -0.2) is 0 Å². The first kappa shape index (κ1) is 19.7. The molecule has 0 aromatic heterocycles. The van der Waals surface area contributed by atoms with Gasteiger partial charge in [0.25, 0.3) is 0 Å². The minimum Gasteiger partial charge on any atom is -0.356 e. The topological polar surface area (TPSA) is 32.3 Å². The molecule has 0 radical (unpaired) electrons. The average Bonchev–Trinajstić information content (AvgIpc) is 2.66. The maximum absolute atomic E-state index is 12.6. The number of hydrogen-bond acceptors (Lipinski definition) is 2.